The van der Waals surface area contributed by atoms with Crippen LogP contribution >= 0.6 is 0 Å². The maximum Gasteiger partial charge on any atom is 0.227 e. The van der Waals surface area contributed by atoms with E-state index in [0.29, 0.717) is 6.54 Å². The normalized spacial score (nSPS) is 13.3. The lowest BCUT2D eigenvalue weighted by Crippen LogP contribution is -2.32. The van der Waals surface area contributed by atoms with Crippen molar-refractivity contribution in [1.82, 2.24) is 24.3 Å². The van der Waals surface area contributed by atoms with Gasteiger partial charge in [-0.15, -0.1) is 10.2 Å². The van der Waals surface area contributed by atoms with Gasteiger partial charge in [-0.2, -0.15) is 0 Å². The molecule has 0 saturated heterocycles. The van der Waals surface area contributed by atoms with Gasteiger partial charge in [0.05, 0.1) is 24.8 Å². The van der Waals surface area contributed by atoms with Gasteiger partial charge in [-0.1, -0.05) is 12.1 Å². The summed E-state index contributed by atoms with van der Waals surface area (Å²) in [7, 11) is 1.66. The van der Waals surface area contributed by atoms with Crippen LogP contribution in [0.1, 0.15) is 17.7 Å². The Morgan fingerprint density at radius 2 is 1.90 bits per heavy atom. The number of fused-ring (bicyclic) bond motifs is 1. The first-order valence-electron chi connectivity index (χ1n) is 10.2. The van der Waals surface area contributed by atoms with Crippen LogP contribution in [0.5, 0.6) is 5.75 Å². The van der Waals surface area contributed by atoms with Gasteiger partial charge in [0.25, 0.3) is 0 Å². The third-order valence-electron chi connectivity index (χ3n) is 5.54. The van der Waals surface area contributed by atoms with E-state index in [0.717, 1.165) is 59.5 Å². The predicted molar refractivity (Wildman–Crippen MR) is 116 cm³/mol. The minimum Gasteiger partial charge on any atom is -0.495 e. The first-order chi connectivity index (χ1) is 15.1. The Morgan fingerprint density at radius 1 is 1.06 bits per heavy atom. The highest BCUT2D eigenvalue weighted by Gasteiger charge is 2.24. The molecule has 0 bridgehead atoms. The monoisotopic (exact) mass is 418 g/mol. The number of aromatic nitrogens is 5. The lowest BCUT2D eigenvalue weighted by molar-refractivity contribution is 0.413. The Morgan fingerprint density at radius 3 is 2.65 bits per heavy atom. The van der Waals surface area contributed by atoms with E-state index in [1.807, 2.05) is 48.0 Å². The SMILES string of the molecule is COc1cc(-c2nnc3n2CCCN3Cc2ccc(F)cc2)ccc1-n1cnc(C)c1. The number of halogens is 1. The first-order valence-corrected chi connectivity index (χ1v) is 10.2. The van der Waals surface area contributed by atoms with Gasteiger partial charge in [-0.3, -0.25) is 4.57 Å². The Balaban J connectivity index is 1.47. The zero-order valence-corrected chi connectivity index (χ0v) is 17.5. The van der Waals surface area contributed by atoms with Crippen molar-refractivity contribution in [2.24, 2.45) is 0 Å². The molecule has 0 radical (unpaired) electrons. The van der Waals surface area contributed by atoms with Gasteiger partial charge >= 0.3 is 0 Å². The molecule has 31 heavy (non-hydrogen) atoms. The number of hydrogen-bond donors (Lipinski definition) is 0. The summed E-state index contributed by atoms with van der Waals surface area (Å²) < 4.78 is 23.0. The molecule has 7 nitrogen and oxygen atoms in total. The summed E-state index contributed by atoms with van der Waals surface area (Å²) in [6, 6.07) is 12.6. The van der Waals surface area contributed by atoms with Crippen molar-refractivity contribution in [3.8, 4) is 22.8 Å². The summed E-state index contributed by atoms with van der Waals surface area (Å²) in [5, 5.41) is 8.97. The van der Waals surface area contributed by atoms with E-state index in [1.54, 1.807) is 13.4 Å². The number of nitrogens with zero attached hydrogens (tertiary/aromatic N) is 6. The first kappa shape index (κ1) is 19.3. The second kappa shape index (κ2) is 7.86. The molecule has 0 unspecified atom stereocenters. The second-order valence-electron chi connectivity index (χ2n) is 7.69. The number of ether oxygens (including phenoxy) is 1. The molecule has 0 N–H and O–H groups in total. The molecule has 158 valence electrons. The van der Waals surface area contributed by atoms with E-state index in [-0.39, 0.29) is 5.82 Å². The molecule has 2 aromatic heterocycles. The molecule has 0 fully saturated rings. The molecule has 0 aliphatic carbocycles. The number of aryl methyl sites for hydroxylation is 1. The molecule has 5 rings (SSSR count). The van der Waals surface area contributed by atoms with E-state index in [1.165, 1.54) is 12.1 Å². The Labute approximate surface area is 179 Å². The third kappa shape index (κ3) is 3.65. The summed E-state index contributed by atoms with van der Waals surface area (Å²) in [4.78, 5) is 6.49. The maximum atomic E-state index is 13.2. The summed E-state index contributed by atoms with van der Waals surface area (Å²) in [5.41, 5.74) is 3.85. The molecule has 3 heterocycles. The quantitative estimate of drug-likeness (QED) is 0.490. The molecule has 0 amide bonds. The summed E-state index contributed by atoms with van der Waals surface area (Å²) >= 11 is 0. The highest BCUT2D eigenvalue weighted by Crippen LogP contribution is 2.32. The summed E-state index contributed by atoms with van der Waals surface area (Å²) in [6.45, 7) is 4.36. The van der Waals surface area contributed by atoms with Crippen molar-refractivity contribution in [3.05, 3.63) is 72.1 Å². The molecule has 0 atom stereocenters. The molecule has 1 aliphatic heterocycles. The Hall–Kier alpha value is -3.68. The van der Waals surface area contributed by atoms with E-state index >= 15 is 0 Å². The van der Waals surface area contributed by atoms with Crippen molar-refractivity contribution in [3.63, 3.8) is 0 Å². The van der Waals surface area contributed by atoms with Gasteiger partial charge in [0.2, 0.25) is 5.95 Å². The van der Waals surface area contributed by atoms with Crippen LogP contribution in [0.2, 0.25) is 0 Å². The van der Waals surface area contributed by atoms with E-state index < -0.39 is 0 Å². The molecule has 2 aromatic carbocycles. The van der Waals surface area contributed by atoms with Crippen LogP contribution in [0.25, 0.3) is 17.1 Å². The maximum absolute atomic E-state index is 13.2. The third-order valence-corrected chi connectivity index (χ3v) is 5.54. The minimum atomic E-state index is -0.226. The van der Waals surface area contributed by atoms with Gasteiger partial charge in [-0.25, -0.2) is 9.37 Å². The molecular weight excluding hydrogens is 395 g/mol. The number of hydrogen-bond acceptors (Lipinski definition) is 5. The smallest absolute Gasteiger partial charge is 0.227 e. The van der Waals surface area contributed by atoms with Crippen molar-refractivity contribution in [2.45, 2.75) is 26.4 Å². The fourth-order valence-corrected chi connectivity index (χ4v) is 4.01. The molecule has 0 saturated carbocycles. The molecule has 8 heteroatoms. The zero-order valence-electron chi connectivity index (χ0n) is 17.5. The molecular formula is C23H23FN6O. The van der Waals surface area contributed by atoms with Crippen LogP contribution in [0.15, 0.2) is 55.0 Å². The number of benzene rings is 2. The van der Waals surface area contributed by atoms with Crippen LogP contribution in [-0.2, 0) is 13.1 Å². The van der Waals surface area contributed by atoms with E-state index in [4.69, 9.17) is 4.74 Å². The minimum absolute atomic E-state index is 0.226. The number of methoxy groups -OCH3 is 1. The van der Waals surface area contributed by atoms with E-state index in [2.05, 4.69) is 24.6 Å². The van der Waals surface area contributed by atoms with Gasteiger partial charge in [0.1, 0.15) is 11.6 Å². The largest absolute Gasteiger partial charge is 0.495 e. The van der Waals surface area contributed by atoms with Crippen LogP contribution in [0.3, 0.4) is 0 Å². The zero-order chi connectivity index (χ0) is 21.4. The van der Waals surface area contributed by atoms with Crippen molar-refractivity contribution in [2.75, 3.05) is 18.6 Å². The van der Waals surface area contributed by atoms with Crippen LogP contribution in [0.4, 0.5) is 10.3 Å². The second-order valence-corrected chi connectivity index (χ2v) is 7.69. The summed E-state index contributed by atoms with van der Waals surface area (Å²) in [5.74, 6) is 2.16. The van der Waals surface area contributed by atoms with Gasteiger partial charge < -0.3 is 14.2 Å². The fraction of sp³-hybridized carbons (Fsp3) is 0.261. The Kier molecular flexibility index (Phi) is 4.89. The molecule has 4 aromatic rings. The fourth-order valence-electron chi connectivity index (χ4n) is 4.01. The van der Waals surface area contributed by atoms with Gasteiger partial charge in [0, 0.05) is 31.4 Å². The Bertz CT molecular complexity index is 1210. The standard InChI is InChI=1S/C23H23FN6O/c1-16-13-29(15-25-16)20-9-6-18(12-21(20)31-2)22-26-27-23-28(10-3-11-30(22)23)14-17-4-7-19(24)8-5-17/h4-9,12-13,15H,3,10-11,14H2,1-2H3. The molecule has 1 aliphatic rings. The van der Waals surface area contributed by atoms with Crippen LogP contribution in [0, 0.1) is 12.7 Å². The van der Waals surface area contributed by atoms with Crippen LogP contribution in [-0.4, -0.2) is 38.0 Å². The van der Waals surface area contributed by atoms with Crippen LogP contribution < -0.4 is 9.64 Å². The molecule has 0 spiro atoms. The van der Waals surface area contributed by atoms with E-state index in [9.17, 15) is 4.39 Å². The van der Waals surface area contributed by atoms with Crippen molar-refractivity contribution in [1.29, 1.82) is 0 Å². The predicted octanol–water partition coefficient (Wildman–Crippen LogP) is 4.00. The number of rotatable bonds is 5. The number of anilines is 1. The summed E-state index contributed by atoms with van der Waals surface area (Å²) in [6.07, 6.45) is 4.73. The topological polar surface area (TPSA) is 61.0 Å². The van der Waals surface area contributed by atoms with Gasteiger partial charge in [0.15, 0.2) is 5.82 Å². The van der Waals surface area contributed by atoms with Gasteiger partial charge in [-0.05, 0) is 49.2 Å². The van der Waals surface area contributed by atoms with Crippen molar-refractivity contribution < 1.29 is 9.13 Å². The number of imidazole rings is 1. The lowest BCUT2D eigenvalue weighted by Gasteiger charge is -2.29. The average Bonchev–Trinajstić information content (AvgIpc) is 3.42. The average molecular weight is 418 g/mol. The lowest BCUT2D eigenvalue weighted by atomic mass is 10.1. The van der Waals surface area contributed by atoms with Crippen molar-refractivity contribution >= 4 is 5.95 Å². The highest BCUT2D eigenvalue weighted by molar-refractivity contribution is 5.64. The highest BCUT2D eigenvalue weighted by atomic mass is 19.1.